The molecule has 21 heavy (non-hydrogen) atoms. The van der Waals surface area contributed by atoms with Crippen molar-refractivity contribution in [2.24, 2.45) is 0 Å². The lowest BCUT2D eigenvalue weighted by Crippen LogP contribution is -2.20. The zero-order valence-electron chi connectivity index (χ0n) is 12.1. The molecule has 0 saturated carbocycles. The average Bonchev–Trinajstić information content (AvgIpc) is 2.47. The Morgan fingerprint density at radius 3 is 2.62 bits per heavy atom. The molecule has 1 saturated heterocycles. The Bertz CT molecular complexity index is 505. The predicted octanol–water partition coefficient (Wildman–Crippen LogP) is 2.66. The van der Waals surface area contributed by atoms with Crippen molar-refractivity contribution >= 4 is 11.8 Å². The third-order valence-electron chi connectivity index (χ3n) is 3.49. The van der Waals surface area contributed by atoms with E-state index in [1.54, 1.807) is 0 Å². The lowest BCUT2D eigenvalue weighted by Gasteiger charge is -2.26. The van der Waals surface area contributed by atoms with Crippen LogP contribution in [0, 0.1) is 0 Å². The quantitative estimate of drug-likeness (QED) is 0.816. The van der Waals surface area contributed by atoms with Crippen molar-refractivity contribution in [1.82, 2.24) is 0 Å². The lowest BCUT2D eigenvalue weighted by molar-refractivity contribution is -0.183. The summed E-state index contributed by atoms with van der Waals surface area (Å²) in [5.41, 5.74) is 1.90. The second kappa shape index (κ2) is 7.33. The maximum Gasteiger partial charge on any atom is 0.310 e. The smallest absolute Gasteiger partial charge is 0.310 e. The number of carbonyl (C=O) groups excluding carboxylic acids is 1. The number of benzene rings is 1. The second-order valence-corrected chi connectivity index (χ2v) is 5.27. The summed E-state index contributed by atoms with van der Waals surface area (Å²) in [6.07, 6.45) is 0.261. The molecule has 0 spiro atoms. The van der Waals surface area contributed by atoms with Gasteiger partial charge in [0.2, 0.25) is 0 Å². The first-order valence-corrected chi connectivity index (χ1v) is 7.13. The molecule has 114 valence electrons. The van der Waals surface area contributed by atoms with Gasteiger partial charge in [-0.05, 0) is 17.9 Å². The molecule has 0 aromatic heterocycles. The summed E-state index contributed by atoms with van der Waals surface area (Å²) >= 11 is 0. The Hall–Kier alpha value is -1.72. The highest BCUT2D eigenvalue weighted by atomic mass is 16.7. The second-order valence-electron chi connectivity index (χ2n) is 5.27. The molecule has 2 rings (SSSR count). The van der Waals surface area contributed by atoms with Gasteiger partial charge in [0.15, 0.2) is 6.29 Å². The molecule has 0 bridgehead atoms. The summed E-state index contributed by atoms with van der Waals surface area (Å²) in [4.78, 5) is 22.3. The SMILES string of the molecule is CC(CC(=O)CC(=O)O)c1ccccc1C1OCCCO1. The molecule has 0 amide bonds. The number of carboxylic acid groups (broad SMARTS) is 1. The molecule has 1 heterocycles. The summed E-state index contributed by atoms with van der Waals surface area (Å²) in [7, 11) is 0. The normalized spacial score (nSPS) is 17.4. The van der Waals surface area contributed by atoms with Gasteiger partial charge in [0.05, 0.1) is 13.2 Å². The van der Waals surface area contributed by atoms with Crippen molar-refractivity contribution < 1.29 is 24.2 Å². The van der Waals surface area contributed by atoms with E-state index in [1.807, 2.05) is 31.2 Å². The molecule has 5 heteroatoms. The van der Waals surface area contributed by atoms with E-state index in [2.05, 4.69) is 0 Å². The van der Waals surface area contributed by atoms with E-state index < -0.39 is 18.7 Å². The lowest BCUT2D eigenvalue weighted by atomic mass is 9.90. The fraction of sp³-hybridized carbons (Fsp3) is 0.500. The Balaban J connectivity index is 2.11. The molecule has 1 atom stereocenters. The third kappa shape index (κ3) is 4.37. The Morgan fingerprint density at radius 1 is 1.29 bits per heavy atom. The summed E-state index contributed by atoms with van der Waals surface area (Å²) in [5, 5.41) is 8.66. The van der Waals surface area contributed by atoms with Gasteiger partial charge in [-0.25, -0.2) is 0 Å². The van der Waals surface area contributed by atoms with Gasteiger partial charge >= 0.3 is 5.97 Å². The number of aliphatic carboxylic acids is 1. The van der Waals surface area contributed by atoms with Gasteiger partial charge in [-0.3, -0.25) is 9.59 Å². The minimum atomic E-state index is -1.08. The number of Topliss-reactive ketones (excluding diaryl/α,β-unsaturated/α-hetero) is 1. The zero-order valence-corrected chi connectivity index (χ0v) is 12.1. The van der Waals surface area contributed by atoms with E-state index in [9.17, 15) is 9.59 Å². The van der Waals surface area contributed by atoms with Crippen molar-refractivity contribution in [3.8, 4) is 0 Å². The maximum atomic E-state index is 11.7. The summed E-state index contributed by atoms with van der Waals surface area (Å²) in [6.45, 7) is 3.23. The number of ketones is 1. The topological polar surface area (TPSA) is 72.8 Å². The molecule has 5 nitrogen and oxygen atoms in total. The molecule has 1 N–H and O–H groups in total. The van der Waals surface area contributed by atoms with E-state index >= 15 is 0 Å². The first-order chi connectivity index (χ1) is 10.1. The zero-order chi connectivity index (χ0) is 15.2. The van der Waals surface area contributed by atoms with Gasteiger partial charge in [-0.2, -0.15) is 0 Å². The van der Waals surface area contributed by atoms with E-state index in [0.717, 1.165) is 17.5 Å². The number of carboxylic acids is 1. The number of ether oxygens (including phenoxy) is 2. The Labute approximate surface area is 123 Å². The van der Waals surface area contributed by atoms with Crippen LogP contribution >= 0.6 is 0 Å². The van der Waals surface area contributed by atoms with E-state index in [0.29, 0.717) is 13.2 Å². The number of hydrogen-bond donors (Lipinski definition) is 1. The summed E-state index contributed by atoms with van der Waals surface area (Å²) in [6, 6.07) is 7.69. The van der Waals surface area contributed by atoms with Crippen molar-refractivity contribution in [2.75, 3.05) is 13.2 Å². The van der Waals surface area contributed by atoms with E-state index in [-0.39, 0.29) is 18.1 Å². The van der Waals surface area contributed by atoms with Crippen LogP contribution < -0.4 is 0 Å². The molecule has 0 radical (unpaired) electrons. The predicted molar refractivity (Wildman–Crippen MR) is 76.0 cm³/mol. The number of carbonyl (C=O) groups is 2. The fourth-order valence-corrected chi connectivity index (χ4v) is 2.53. The Morgan fingerprint density at radius 2 is 1.95 bits per heavy atom. The molecule has 1 fully saturated rings. The average molecular weight is 292 g/mol. The van der Waals surface area contributed by atoms with Gasteiger partial charge in [0.1, 0.15) is 12.2 Å². The van der Waals surface area contributed by atoms with Crippen LogP contribution in [-0.4, -0.2) is 30.1 Å². The van der Waals surface area contributed by atoms with Crippen LogP contribution in [0.4, 0.5) is 0 Å². The van der Waals surface area contributed by atoms with E-state index in [1.165, 1.54) is 0 Å². The van der Waals surface area contributed by atoms with Crippen LogP contribution in [0.5, 0.6) is 0 Å². The molecule has 1 aliphatic rings. The van der Waals surface area contributed by atoms with Gasteiger partial charge in [0, 0.05) is 12.0 Å². The van der Waals surface area contributed by atoms with Crippen LogP contribution in [0.3, 0.4) is 0 Å². The molecule has 1 unspecified atom stereocenters. The third-order valence-corrected chi connectivity index (χ3v) is 3.49. The maximum absolute atomic E-state index is 11.7. The standard InChI is InChI=1S/C16H20O5/c1-11(9-12(17)10-15(18)19)13-5-2-3-6-14(13)16-20-7-4-8-21-16/h2-3,5-6,11,16H,4,7-10H2,1H3,(H,18,19). The van der Waals surface area contributed by atoms with Gasteiger partial charge in [0.25, 0.3) is 0 Å². The fourth-order valence-electron chi connectivity index (χ4n) is 2.53. The summed E-state index contributed by atoms with van der Waals surface area (Å²) < 4.78 is 11.2. The number of rotatable bonds is 6. The van der Waals surface area contributed by atoms with Crippen molar-refractivity contribution in [3.63, 3.8) is 0 Å². The minimum absolute atomic E-state index is 0.0674. The molecule has 0 aliphatic carbocycles. The molecular formula is C16H20O5. The van der Waals surface area contributed by atoms with Gasteiger partial charge in [-0.15, -0.1) is 0 Å². The van der Waals surface area contributed by atoms with Crippen LogP contribution in [0.2, 0.25) is 0 Å². The van der Waals surface area contributed by atoms with Gasteiger partial charge < -0.3 is 14.6 Å². The van der Waals surface area contributed by atoms with Crippen LogP contribution in [0.1, 0.15) is 49.5 Å². The van der Waals surface area contributed by atoms with Crippen LogP contribution in [-0.2, 0) is 19.1 Å². The monoisotopic (exact) mass is 292 g/mol. The molecule has 1 aliphatic heterocycles. The first kappa shape index (κ1) is 15.7. The van der Waals surface area contributed by atoms with Gasteiger partial charge in [-0.1, -0.05) is 31.2 Å². The summed E-state index contributed by atoms with van der Waals surface area (Å²) in [5.74, 6) is -1.42. The largest absolute Gasteiger partial charge is 0.481 e. The highest BCUT2D eigenvalue weighted by molar-refractivity contribution is 5.95. The first-order valence-electron chi connectivity index (χ1n) is 7.13. The minimum Gasteiger partial charge on any atom is -0.481 e. The van der Waals surface area contributed by atoms with Crippen LogP contribution in [0.15, 0.2) is 24.3 Å². The number of hydrogen-bond acceptors (Lipinski definition) is 4. The van der Waals surface area contributed by atoms with Crippen LogP contribution in [0.25, 0.3) is 0 Å². The molecule has 1 aromatic rings. The van der Waals surface area contributed by atoms with E-state index in [4.69, 9.17) is 14.6 Å². The van der Waals surface area contributed by atoms with Crippen molar-refractivity contribution in [1.29, 1.82) is 0 Å². The molecular weight excluding hydrogens is 272 g/mol. The van der Waals surface area contributed by atoms with Crippen molar-refractivity contribution in [2.45, 2.75) is 38.4 Å². The van der Waals surface area contributed by atoms with Crippen molar-refractivity contribution in [3.05, 3.63) is 35.4 Å². The Kier molecular flexibility index (Phi) is 5.47. The molecule has 1 aromatic carbocycles. The highest BCUT2D eigenvalue weighted by Crippen LogP contribution is 2.31. The highest BCUT2D eigenvalue weighted by Gasteiger charge is 2.23.